The zero-order chi connectivity index (χ0) is 25.2. The van der Waals surface area contributed by atoms with Gasteiger partial charge in [-0.05, 0) is 49.4 Å². The summed E-state index contributed by atoms with van der Waals surface area (Å²) >= 11 is 0. The van der Waals surface area contributed by atoms with Gasteiger partial charge in [0.1, 0.15) is 18.0 Å². The summed E-state index contributed by atoms with van der Waals surface area (Å²) in [6, 6.07) is 5.31. The second-order valence-electron chi connectivity index (χ2n) is 10.6. The fraction of sp³-hybridized carbons (Fsp3) is 0.607. The SMILES string of the molecule is CCN1CCN(C[C@H](C(=O)N2CCN(c3ncnc4c3[C@H](C)CC4)CC2)c2ccc(C)c(F)c2)CC1. The summed E-state index contributed by atoms with van der Waals surface area (Å²) in [6.07, 6.45) is 3.83. The normalized spacial score (nSPS) is 22.1. The number of aryl methyl sites for hydroxylation is 2. The summed E-state index contributed by atoms with van der Waals surface area (Å²) in [5, 5.41) is 0. The minimum atomic E-state index is -0.358. The van der Waals surface area contributed by atoms with E-state index in [-0.39, 0.29) is 17.6 Å². The molecule has 8 heteroatoms. The number of halogens is 1. The van der Waals surface area contributed by atoms with Gasteiger partial charge in [0.15, 0.2) is 0 Å². The number of hydrogen-bond acceptors (Lipinski definition) is 6. The molecule has 1 aromatic heterocycles. The number of hydrogen-bond donors (Lipinski definition) is 0. The zero-order valence-electron chi connectivity index (χ0n) is 21.9. The fourth-order valence-corrected chi connectivity index (χ4v) is 5.93. The van der Waals surface area contributed by atoms with Crippen molar-refractivity contribution in [3.05, 3.63) is 52.7 Å². The molecule has 2 atom stereocenters. The number of rotatable bonds is 6. The Kier molecular flexibility index (Phi) is 7.53. The summed E-state index contributed by atoms with van der Waals surface area (Å²) in [4.78, 5) is 32.1. The molecule has 2 saturated heterocycles. The van der Waals surface area contributed by atoms with Crippen molar-refractivity contribution >= 4 is 11.7 Å². The number of nitrogens with zero attached hydrogens (tertiary/aromatic N) is 6. The molecule has 194 valence electrons. The van der Waals surface area contributed by atoms with Crippen molar-refractivity contribution < 1.29 is 9.18 Å². The first-order valence-corrected chi connectivity index (χ1v) is 13.5. The monoisotopic (exact) mass is 494 g/mol. The van der Waals surface area contributed by atoms with Gasteiger partial charge < -0.3 is 14.7 Å². The molecule has 1 aromatic carbocycles. The number of likely N-dealkylation sites (N-methyl/N-ethyl adjacent to an activating group) is 1. The molecule has 0 radical (unpaired) electrons. The molecule has 2 aromatic rings. The zero-order valence-corrected chi connectivity index (χ0v) is 21.9. The highest BCUT2D eigenvalue weighted by Crippen LogP contribution is 2.37. The minimum Gasteiger partial charge on any atom is -0.353 e. The number of carbonyl (C=O) groups is 1. The van der Waals surface area contributed by atoms with Crippen LogP contribution >= 0.6 is 0 Å². The van der Waals surface area contributed by atoms with Crippen molar-refractivity contribution in [3.8, 4) is 0 Å². The van der Waals surface area contributed by atoms with E-state index in [1.165, 1.54) is 11.3 Å². The maximum atomic E-state index is 14.5. The molecule has 0 N–H and O–H groups in total. The van der Waals surface area contributed by atoms with E-state index >= 15 is 0 Å². The maximum Gasteiger partial charge on any atom is 0.231 e. The first-order valence-electron chi connectivity index (χ1n) is 13.5. The van der Waals surface area contributed by atoms with Crippen LogP contribution in [-0.2, 0) is 11.2 Å². The standard InChI is InChI=1S/C28H39FN6O/c1-4-32-9-11-33(12-10-32)18-23(22-7-5-20(2)24(29)17-22)28(36)35-15-13-34(14-16-35)27-26-21(3)6-8-25(26)30-19-31-27/h5,7,17,19,21,23H,4,6,8-16,18H2,1-3H3/t21-,23+/m1/s1. The predicted octanol–water partition coefficient (Wildman–Crippen LogP) is 3.04. The Balaban J connectivity index is 1.30. The van der Waals surface area contributed by atoms with Crippen LogP contribution in [0.3, 0.4) is 0 Å². The van der Waals surface area contributed by atoms with Crippen LogP contribution in [0.25, 0.3) is 0 Å². The Morgan fingerprint density at radius 1 is 1.06 bits per heavy atom. The van der Waals surface area contributed by atoms with Crippen molar-refractivity contribution in [2.45, 2.75) is 45.4 Å². The third kappa shape index (κ3) is 5.11. The largest absolute Gasteiger partial charge is 0.353 e. The van der Waals surface area contributed by atoms with Crippen molar-refractivity contribution in [1.29, 1.82) is 0 Å². The van der Waals surface area contributed by atoms with E-state index in [0.29, 0.717) is 31.1 Å². The molecule has 0 spiro atoms. The summed E-state index contributed by atoms with van der Waals surface area (Å²) in [7, 11) is 0. The van der Waals surface area contributed by atoms with Gasteiger partial charge in [-0.2, -0.15) is 0 Å². The van der Waals surface area contributed by atoms with Crippen molar-refractivity contribution in [1.82, 2.24) is 24.7 Å². The quantitative estimate of drug-likeness (QED) is 0.615. The lowest BCUT2D eigenvalue weighted by Gasteiger charge is -2.40. The smallest absolute Gasteiger partial charge is 0.231 e. The molecule has 2 aliphatic heterocycles. The van der Waals surface area contributed by atoms with E-state index in [9.17, 15) is 9.18 Å². The third-order valence-electron chi connectivity index (χ3n) is 8.39. The predicted molar refractivity (Wildman–Crippen MR) is 140 cm³/mol. The first kappa shape index (κ1) is 25.1. The van der Waals surface area contributed by atoms with Gasteiger partial charge in [-0.15, -0.1) is 0 Å². The van der Waals surface area contributed by atoms with Crippen LogP contribution in [0.15, 0.2) is 24.5 Å². The van der Waals surface area contributed by atoms with Crippen LogP contribution in [0, 0.1) is 12.7 Å². The lowest BCUT2D eigenvalue weighted by Crippen LogP contribution is -2.53. The highest BCUT2D eigenvalue weighted by molar-refractivity contribution is 5.84. The van der Waals surface area contributed by atoms with Gasteiger partial charge >= 0.3 is 0 Å². The van der Waals surface area contributed by atoms with Crippen LogP contribution in [0.2, 0.25) is 0 Å². The Morgan fingerprint density at radius 3 is 2.47 bits per heavy atom. The van der Waals surface area contributed by atoms with Crippen LogP contribution in [0.4, 0.5) is 10.2 Å². The van der Waals surface area contributed by atoms with E-state index in [2.05, 4.69) is 38.5 Å². The number of anilines is 1. The molecule has 7 nitrogen and oxygen atoms in total. The molecule has 0 bridgehead atoms. The van der Waals surface area contributed by atoms with E-state index in [4.69, 9.17) is 0 Å². The molecule has 3 heterocycles. The molecule has 2 fully saturated rings. The molecule has 3 aliphatic rings. The molecular weight excluding hydrogens is 455 g/mol. The van der Waals surface area contributed by atoms with Crippen LogP contribution in [0.1, 0.15) is 54.5 Å². The minimum absolute atomic E-state index is 0.108. The average molecular weight is 495 g/mol. The van der Waals surface area contributed by atoms with Crippen LogP contribution in [0.5, 0.6) is 0 Å². The molecule has 1 aliphatic carbocycles. The Morgan fingerprint density at radius 2 is 1.78 bits per heavy atom. The summed E-state index contributed by atoms with van der Waals surface area (Å²) in [5.74, 6) is 1.03. The number of fused-ring (bicyclic) bond motifs is 1. The Hall–Kier alpha value is -2.58. The van der Waals surface area contributed by atoms with Gasteiger partial charge in [0, 0.05) is 70.2 Å². The van der Waals surface area contributed by atoms with E-state index in [1.807, 2.05) is 11.0 Å². The molecule has 0 unspecified atom stereocenters. The van der Waals surface area contributed by atoms with Crippen LogP contribution in [-0.4, -0.2) is 96.0 Å². The molecule has 5 rings (SSSR count). The topological polar surface area (TPSA) is 55.8 Å². The number of amides is 1. The number of aromatic nitrogens is 2. The lowest BCUT2D eigenvalue weighted by molar-refractivity contribution is -0.133. The van der Waals surface area contributed by atoms with Gasteiger partial charge in [-0.1, -0.05) is 26.0 Å². The van der Waals surface area contributed by atoms with E-state index in [0.717, 1.165) is 70.0 Å². The van der Waals surface area contributed by atoms with Crippen molar-refractivity contribution in [3.63, 3.8) is 0 Å². The van der Waals surface area contributed by atoms with Gasteiger partial charge in [0.25, 0.3) is 0 Å². The number of benzene rings is 1. The maximum absolute atomic E-state index is 14.5. The molecule has 0 saturated carbocycles. The summed E-state index contributed by atoms with van der Waals surface area (Å²) in [6.45, 7) is 14.6. The van der Waals surface area contributed by atoms with Crippen molar-refractivity contribution in [2.24, 2.45) is 0 Å². The van der Waals surface area contributed by atoms with Gasteiger partial charge in [-0.3, -0.25) is 9.69 Å². The van der Waals surface area contributed by atoms with Gasteiger partial charge in [0.05, 0.1) is 5.92 Å². The van der Waals surface area contributed by atoms with Crippen LogP contribution < -0.4 is 4.90 Å². The van der Waals surface area contributed by atoms with E-state index < -0.39 is 0 Å². The van der Waals surface area contributed by atoms with Gasteiger partial charge in [-0.25, -0.2) is 14.4 Å². The third-order valence-corrected chi connectivity index (χ3v) is 8.39. The Labute approximate surface area is 214 Å². The Bertz CT molecular complexity index is 1080. The second-order valence-corrected chi connectivity index (χ2v) is 10.6. The first-order chi connectivity index (χ1) is 17.4. The molecule has 36 heavy (non-hydrogen) atoms. The number of carbonyl (C=O) groups excluding carboxylic acids is 1. The summed E-state index contributed by atoms with van der Waals surface area (Å²) in [5.41, 5.74) is 3.86. The van der Waals surface area contributed by atoms with Crippen molar-refractivity contribution in [2.75, 3.05) is 70.3 Å². The fourth-order valence-electron chi connectivity index (χ4n) is 5.93. The number of piperazine rings is 2. The summed E-state index contributed by atoms with van der Waals surface area (Å²) < 4.78 is 14.5. The lowest BCUT2D eigenvalue weighted by atomic mass is 9.94. The second kappa shape index (κ2) is 10.8. The highest BCUT2D eigenvalue weighted by Gasteiger charge is 2.33. The highest BCUT2D eigenvalue weighted by atomic mass is 19.1. The van der Waals surface area contributed by atoms with Gasteiger partial charge in [0.2, 0.25) is 5.91 Å². The van der Waals surface area contributed by atoms with E-state index in [1.54, 1.807) is 25.4 Å². The molecular formula is C28H39FN6O. The average Bonchev–Trinajstić information content (AvgIpc) is 3.30. The molecule has 1 amide bonds.